The number of rotatable bonds is 1. The zero-order chi connectivity index (χ0) is 20.8. The molecule has 0 aromatic heterocycles. The number of hydrogen-bond donors (Lipinski definition) is 0. The van der Waals surface area contributed by atoms with Crippen LogP contribution < -0.4 is 4.90 Å². The number of benzene rings is 3. The van der Waals surface area contributed by atoms with Gasteiger partial charge >= 0.3 is 0 Å². The Morgan fingerprint density at radius 1 is 0.867 bits per heavy atom. The SMILES string of the molecule is Cc1ccc(N2C(=O)[C@@H]3[C@@H](C2=O)C2c4ccccc4C3(Cl)c3ccccc32)cc1Cl. The van der Waals surface area contributed by atoms with E-state index in [2.05, 4.69) is 0 Å². The maximum atomic E-state index is 13.7. The molecule has 1 saturated heterocycles. The van der Waals surface area contributed by atoms with Gasteiger partial charge in [0.05, 0.1) is 17.5 Å². The monoisotopic (exact) mass is 433 g/mol. The minimum atomic E-state index is -1.07. The van der Waals surface area contributed by atoms with Gasteiger partial charge in [-0.25, -0.2) is 4.90 Å². The summed E-state index contributed by atoms with van der Waals surface area (Å²) in [4.78, 5) is 27.7. The summed E-state index contributed by atoms with van der Waals surface area (Å²) in [6.45, 7) is 1.89. The van der Waals surface area contributed by atoms with Gasteiger partial charge in [-0.05, 0) is 46.9 Å². The standard InChI is InChI=1S/C25H17Cl2NO2/c1-13-10-11-14(12-19(13)26)28-23(29)21-20-15-6-2-4-8-17(15)25(27,22(21)24(28)30)18-9-5-3-7-16(18)20/h2-12,20-22H,1H3/t20?,21-,22-,25?/m0/s1. The number of carbonyl (C=O) groups excluding carboxylic acids is 2. The molecule has 0 saturated carbocycles. The van der Waals surface area contributed by atoms with Gasteiger partial charge in [-0.3, -0.25) is 9.59 Å². The van der Waals surface area contributed by atoms with Gasteiger partial charge in [-0.2, -0.15) is 0 Å². The highest BCUT2D eigenvalue weighted by Crippen LogP contribution is 2.65. The third-order valence-corrected chi connectivity index (χ3v) is 7.98. The fourth-order valence-electron chi connectivity index (χ4n) is 5.65. The van der Waals surface area contributed by atoms with Crippen LogP contribution in [0.25, 0.3) is 0 Å². The number of nitrogens with zero attached hydrogens (tertiary/aromatic N) is 1. The summed E-state index contributed by atoms with van der Waals surface area (Å²) in [7, 11) is 0. The lowest BCUT2D eigenvalue weighted by Gasteiger charge is -2.50. The Balaban J connectivity index is 1.60. The molecule has 3 aliphatic carbocycles. The molecule has 0 unspecified atom stereocenters. The van der Waals surface area contributed by atoms with E-state index in [-0.39, 0.29) is 17.7 Å². The average molecular weight is 434 g/mol. The number of imide groups is 1. The molecule has 0 spiro atoms. The van der Waals surface area contributed by atoms with Gasteiger partial charge in [0.1, 0.15) is 4.87 Å². The number of hydrogen-bond acceptors (Lipinski definition) is 2. The van der Waals surface area contributed by atoms with Gasteiger partial charge < -0.3 is 0 Å². The molecule has 2 atom stereocenters. The van der Waals surface area contributed by atoms with Gasteiger partial charge in [0.25, 0.3) is 0 Å². The number of aryl methyl sites for hydroxylation is 1. The summed E-state index contributed by atoms with van der Waals surface area (Å²) in [6, 6.07) is 21.2. The fourth-order valence-corrected chi connectivity index (χ4v) is 6.40. The molecule has 4 aliphatic rings. The summed E-state index contributed by atoms with van der Waals surface area (Å²) in [5, 5.41) is 0.526. The van der Waals surface area contributed by atoms with Crippen molar-refractivity contribution in [2.75, 3.05) is 4.90 Å². The predicted octanol–water partition coefficient (Wildman–Crippen LogP) is 5.40. The minimum Gasteiger partial charge on any atom is -0.274 e. The third kappa shape index (κ3) is 2.02. The first-order chi connectivity index (χ1) is 14.4. The van der Waals surface area contributed by atoms with Crippen molar-refractivity contribution in [3.63, 3.8) is 0 Å². The van der Waals surface area contributed by atoms with Gasteiger partial charge in [0.2, 0.25) is 11.8 Å². The van der Waals surface area contributed by atoms with Gasteiger partial charge in [-0.1, -0.05) is 66.2 Å². The molecule has 148 valence electrons. The summed E-state index contributed by atoms with van der Waals surface area (Å²) in [5.41, 5.74) is 5.34. The summed E-state index contributed by atoms with van der Waals surface area (Å²) < 4.78 is 0. The maximum absolute atomic E-state index is 13.7. The topological polar surface area (TPSA) is 37.4 Å². The number of alkyl halides is 1. The molecule has 30 heavy (non-hydrogen) atoms. The van der Waals surface area contributed by atoms with Gasteiger partial charge in [0, 0.05) is 10.9 Å². The van der Waals surface area contributed by atoms with E-state index in [1.807, 2.05) is 61.5 Å². The quantitative estimate of drug-likeness (QED) is 0.380. The molecule has 3 nitrogen and oxygen atoms in total. The van der Waals surface area contributed by atoms with Crippen molar-refractivity contribution < 1.29 is 9.59 Å². The number of anilines is 1. The summed E-state index contributed by atoms with van der Waals surface area (Å²) >= 11 is 13.7. The molecule has 1 aliphatic heterocycles. The van der Waals surface area contributed by atoms with E-state index in [4.69, 9.17) is 23.2 Å². The average Bonchev–Trinajstić information content (AvgIpc) is 3.02. The lowest BCUT2D eigenvalue weighted by Crippen LogP contribution is -2.50. The number of carbonyl (C=O) groups is 2. The Kier molecular flexibility index (Phi) is 3.61. The molecular formula is C25H17Cl2NO2. The first-order valence-corrected chi connectivity index (χ1v) is 10.7. The van der Waals surface area contributed by atoms with Crippen LogP contribution in [0, 0.1) is 18.8 Å². The molecule has 1 heterocycles. The fraction of sp³-hybridized carbons (Fsp3) is 0.200. The van der Waals surface area contributed by atoms with Crippen LogP contribution >= 0.6 is 23.2 Å². The summed E-state index contributed by atoms with van der Waals surface area (Å²) in [6.07, 6.45) is 0. The molecule has 2 amide bonds. The lowest BCUT2D eigenvalue weighted by atomic mass is 9.54. The second-order valence-corrected chi connectivity index (χ2v) is 9.32. The summed E-state index contributed by atoms with van der Waals surface area (Å²) in [5.74, 6) is -1.83. The highest BCUT2D eigenvalue weighted by atomic mass is 35.5. The molecule has 0 radical (unpaired) electrons. The highest BCUT2D eigenvalue weighted by molar-refractivity contribution is 6.34. The Hall–Kier alpha value is -2.62. The van der Waals surface area contributed by atoms with Crippen LogP contribution in [-0.4, -0.2) is 11.8 Å². The van der Waals surface area contributed by atoms with E-state index >= 15 is 0 Å². The molecule has 3 aromatic rings. The zero-order valence-corrected chi connectivity index (χ0v) is 17.6. The molecule has 3 aromatic carbocycles. The first kappa shape index (κ1) is 18.2. The van der Waals surface area contributed by atoms with Crippen LogP contribution in [-0.2, 0) is 14.5 Å². The van der Waals surface area contributed by atoms with E-state index in [0.29, 0.717) is 10.7 Å². The van der Waals surface area contributed by atoms with E-state index in [0.717, 1.165) is 27.8 Å². The van der Waals surface area contributed by atoms with Crippen molar-refractivity contribution in [1.82, 2.24) is 0 Å². The molecule has 2 bridgehead atoms. The number of halogens is 2. The van der Waals surface area contributed by atoms with E-state index in [1.54, 1.807) is 12.1 Å². The van der Waals surface area contributed by atoms with Gasteiger partial charge in [-0.15, -0.1) is 11.6 Å². The van der Waals surface area contributed by atoms with E-state index in [9.17, 15) is 9.59 Å². The van der Waals surface area contributed by atoms with Crippen molar-refractivity contribution in [2.45, 2.75) is 17.7 Å². The van der Waals surface area contributed by atoms with Crippen LogP contribution in [0.5, 0.6) is 0 Å². The van der Waals surface area contributed by atoms with E-state index in [1.165, 1.54) is 4.90 Å². The largest absolute Gasteiger partial charge is 0.274 e. The van der Waals surface area contributed by atoms with Crippen molar-refractivity contribution in [2.24, 2.45) is 11.8 Å². The normalized spacial score (nSPS) is 28.4. The molecule has 5 heteroatoms. The molecule has 0 N–H and O–H groups in total. The maximum Gasteiger partial charge on any atom is 0.240 e. The van der Waals surface area contributed by atoms with Crippen molar-refractivity contribution in [1.29, 1.82) is 0 Å². The third-order valence-electron chi connectivity index (χ3n) is 6.93. The number of amides is 2. The Labute approximate surface area is 184 Å². The Morgan fingerprint density at radius 2 is 1.47 bits per heavy atom. The zero-order valence-electron chi connectivity index (χ0n) is 16.1. The van der Waals surface area contributed by atoms with Crippen molar-refractivity contribution in [3.8, 4) is 0 Å². The smallest absolute Gasteiger partial charge is 0.240 e. The highest BCUT2D eigenvalue weighted by Gasteiger charge is 2.67. The second-order valence-electron chi connectivity index (χ2n) is 8.31. The molecule has 1 fully saturated rings. The molecular weight excluding hydrogens is 417 g/mol. The predicted molar refractivity (Wildman–Crippen MR) is 117 cm³/mol. The van der Waals surface area contributed by atoms with Crippen molar-refractivity contribution in [3.05, 3.63) is 99.6 Å². The Bertz CT molecular complexity index is 1220. The van der Waals surface area contributed by atoms with E-state index < -0.39 is 16.7 Å². The van der Waals surface area contributed by atoms with Crippen LogP contribution in [0.2, 0.25) is 5.02 Å². The first-order valence-electron chi connectivity index (χ1n) is 9.96. The minimum absolute atomic E-state index is 0.189. The van der Waals surface area contributed by atoms with Crippen LogP contribution in [0.4, 0.5) is 5.69 Å². The second kappa shape index (κ2) is 5.96. The lowest BCUT2D eigenvalue weighted by molar-refractivity contribution is -0.122. The molecule has 7 rings (SSSR count). The van der Waals surface area contributed by atoms with Crippen molar-refractivity contribution >= 4 is 40.7 Å². The van der Waals surface area contributed by atoms with Crippen LogP contribution in [0.1, 0.15) is 33.7 Å². The van der Waals surface area contributed by atoms with Crippen LogP contribution in [0.3, 0.4) is 0 Å². The Morgan fingerprint density at radius 3 is 2.07 bits per heavy atom. The van der Waals surface area contributed by atoms with Gasteiger partial charge in [0.15, 0.2) is 0 Å². The van der Waals surface area contributed by atoms with Crippen LogP contribution in [0.15, 0.2) is 66.7 Å².